The number of rotatable bonds is 3. The average Bonchev–Trinajstić information content (AvgIpc) is 2.73. The summed E-state index contributed by atoms with van der Waals surface area (Å²) >= 11 is 3.63. The highest BCUT2D eigenvalue weighted by Gasteiger charge is 2.24. The Bertz CT molecular complexity index is 816. The summed E-state index contributed by atoms with van der Waals surface area (Å²) in [6.07, 6.45) is 0. The van der Waals surface area contributed by atoms with Crippen LogP contribution in [0.15, 0.2) is 52.3 Å². The number of fused-ring (bicyclic) bond motifs is 1. The molecule has 130 valence electrons. The molecule has 1 heterocycles. The first kappa shape index (κ1) is 17.9. The predicted octanol–water partition coefficient (Wildman–Crippen LogP) is 4.86. The van der Waals surface area contributed by atoms with Crippen LogP contribution in [-0.4, -0.2) is 28.5 Å². The highest BCUT2D eigenvalue weighted by atomic mass is 32.2. The molecule has 0 aliphatic carbocycles. The van der Waals surface area contributed by atoms with Crippen molar-refractivity contribution < 1.29 is 14.7 Å². The lowest BCUT2D eigenvalue weighted by molar-refractivity contribution is 0.0696. The molecular formula is C19H19NO3S2. The monoisotopic (exact) mass is 373 g/mol. The Kier molecular flexibility index (Phi) is 5.11. The van der Waals surface area contributed by atoms with E-state index in [1.807, 2.05) is 30.0 Å². The summed E-state index contributed by atoms with van der Waals surface area (Å²) in [4.78, 5) is 25.7. The maximum absolute atomic E-state index is 12.5. The van der Waals surface area contributed by atoms with Crippen molar-refractivity contribution in [1.29, 1.82) is 0 Å². The lowest BCUT2D eigenvalue weighted by Crippen LogP contribution is -2.16. The molecule has 0 atom stereocenters. The van der Waals surface area contributed by atoms with Gasteiger partial charge in [0.15, 0.2) is 0 Å². The van der Waals surface area contributed by atoms with Gasteiger partial charge in [0.05, 0.1) is 5.56 Å². The summed E-state index contributed by atoms with van der Waals surface area (Å²) in [5, 5.41) is 11.7. The minimum absolute atomic E-state index is 0.194. The first-order valence-corrected chi connectivity index (χ1v) is 9.86. The molecule has 1 amide bonds. The molecule has 3 rings (SSSR count). The molecule has 2 aromatic carbocycles. The van der Waals surface area contributed by atoms with Crippen LogP contribution in [0.5, 0.6) is 0 Å². The third-order valence-corrected chi connectivity index (χ3v) is 7.13. The molecule has 0 saturated carbocycles. The van der Waals surface area contributed by atoms with Crippen molar-refractivity contribution in [3.63, 3.8) is 0 Å². The van der Waals surface area contributed by atoms with Crippen molar-refractivity contribution in [2.24, 2.45) is 5.41 Å². The van der Waals surface area contributed by atoms with Crippen LogP contribution in [0.2, 0.25) is 0 Å². The molecule has 0 fully saturated rings. The standard InChI is InChI=1S/C19H19NO3S2/c1-19(2)10-24-15-8-5-13(9-16(15)25-11-19)17(21)20-14-6-3-12(4-7-14)18(22)23/h3-9H,10-11H2,1-2H3,(H,20,21)(H,22,23). The SMILES string of the molecule is CC1(C)CSc2ccc(C(=O)Nc3ccc(C(=O)O)cc3)cc2SC1. The van der Waals surface area contributed by atoms with Gasteiger partial charge in [-0.1, -0.05) is 13.8 Å². The third-order valence-electron chi connectivity index (χ3n) is 3.83. The van der Waals surface area contributed by atoms with E-state index in [0.717, 1.165) is 16.4 Å². The first-order valence-electron chi connectivity index (χ1n) is 7.88. The number of carboxylic acids is 1. The number of benzene rings is 2. The van der Waals surface area contributed by atoms with Crippen LogP contribution >= 0.6 is 23.5 Å². The van der Waals surface area contributed by atoms with Gasteiger partial charge in [-0.15, -0.1) is 23.5 Å². The molecule has 0 saturated heterocycles. The maximum atomic E-state index is 12.5. The molecule has 4 nitrogen and oxygen atoms in total. The molecule has 0 unspecified atom stereocenters. The molecule has 0 bridgehead atoms. The van der Waals surface area contributed by atoms with Crippen LogP contribution in [0.4, 0.5) is 5.69 Å². The second-order valence-electron chi connectivity index (χ2n) is 6.74. The van der Waals surface area contributed by atoms with Crippen LogP contribution in [0.1, 0.15) is 34.6 Å². The van der Waals surface area contributed by atoms with E-state index in [0.29, 0.717) is 11.3 Å². The topological polar surface area (TPSA) is 66.4 Å². The van der Waals surface area contributed by atoms with Crippen LogP contribution in [-0.2, 0) is 0 Å². The predicted molar refractivity (Wildman–Crippen MR) is 103 cm³/mol. The van der Waals surface area contributed by atoms with Gasteiger partial charge in [0.25, 0.3) is 5.91 Å². The van der Waals surface area contributed by atoms with Crippen LogP contribution in [0.3, 0.4) is 0 Å². The normalized spacial score (nSPS) is 15.8. The van der Waals surface area contributed by atoms with Crippen molar-refractivity contribution in [2.45, 2.75) is 23.6 Å². The van der Waals surface area contributed by atoms with Gasteiger partial charge in [0.2, 0.25) is 0 Å². The van der Waals surface area contributed by atoms with Gasteiger partial charge < -0.3 is 10.4 Å². The maximum Gasteiger partial charge on any atom is 0.335 e. The number of aromatic carboxylic acids is 1. The van der Waals surface area contributed by atoms with Gasteiger partial charge in [-0.3, -0.25) is 4.79 Å². The summed E-state index contributed by atoms with van der Waals surface area (Å²) in [5.41, 5.74) is 1.64. The molecule has 2 N–H and O–H groups in total. The number of carbonyl (C=O) groups excluding carboxylic acids is 1. The number of carbonyl (C=O) groups is 2. The Morgan fingerprint density at radius 2 is 1.56 bits per heavy atom. The van der Waals surface area contributed by atoms with Crippen molar-refractivity contribution in [3.8, 4) is 0 Å². The Morgan fingerprint density at radius 1 is 0.960 bits per heavy atom. The minimum Gasteiger partial charge on any atom is -0.478 e. The number of anilines is 1. The number of hydrogen-bond donors (Lipinski definition) is 2. The zero-order valence-corrected chi connectivity index (χ0v) is 15.7. The fourth-order valence-electron chi connectivity index (χ4n) is 2.37. The molecule has 25 heavy (non-hydrogen) atoms. The molecule has 0 spiro atoms. The number of hydrogen-bond acceptors (Lipinski definition) is 4. The summed E-state index contributed by atoms with van der Waals surface area (Å²) < 4.78 is 0. The first-order chi connectivity index (χ1) is 11.8. The Labute approximate surface area is 155 Å². The number of amides is 1. The third kappa shape index (κ3) is 4.38. The van der Waals surface area contributed by atoms with E-state index in [9.17, 15) is 9.59 Å². The van der Waals surface area contributed by atoms with Gasteiger partial charge in [0.1, 0.15) is 0 Å². The summed E-state index contributed by atoms with van der Waals surface area (Å²) in [7, 11) is 0. The van der Waals surface area contributed by atoms with E-state index >= 15 is 0 Å². The lowest BCUT2D eigenvalue weighted by Gasteiger charge is -2.19. The van der Waals surface area contributed by atoms with Gasteiger partial charge in [0, 0.05) is 32.5 Å². The number of carboxylic acid groups (broad SMARTS) is 1. The molecule has 0 aromatic heterocycles. The Morgan fingerprint density at radius 3 is 2.20 bits per heavy atom. The number of thioether (sulfide) groups is 2. The minimum atomic E-state index is -0.985. The van der Waals surface area contributed by atoms with Gasteiger partial charge in [-0.25, -0.2) is 4.79 Å². The second-order valence-corrected chi connectivity index (χ2v) is 8.77. The second kappa shape index (κ2) is 7.14. The summed E-state index contributed by atoms with van der Waals surface area (Å²) in [5.74, 6) is 0.907. The van der Waals surface area contributed by atoms with Crippen LogP contribution in [0.25, 0.3) is 0 Å². The molecule has 1 aliphatic rings. The quantitative estimate of drug-likeness (QED) is 0.804. The highest BCUT2D eigenvalue weighted by Crippen LogP contribution is 2.42. The summed E-state index contributed by atoms with van der Waals surface area (Å²) in [6.45, 7) is 4.51. The Hall–Kier alpha value is -1.92. The molecule has 0 radical (unpaired) electrons. The van der Waals surface area contributed by atoms with Crippen molar-refractivity contribution in [1.82, 2.24) is 0 Å². The van der Waals surface area contributed by atoms with E-state index in [1.54, 1.807) is 23.9 Å². The van der Waals surface area contributed by atoms with Gasteiger partial charge in [-0.05, 0) is 47.9 Å². The van der Waals surface area contributed by atoms with Gasteiger partial charge >= 0.3 is 5.97 Å². The van der Waals surface area contributed by atoms with E-state index in [2.05, 4.69) is 19.2 Å². The summed E-state index contributed by atoms with van der Waals surface area (Å²) in [6, 6.07) is 11.9. The van der Waals surface area contributed by atoms with E-state index in [4.69, 9.17) is 5.11 Å². The molecule has 6 heteroatoms. The largest absolute Gasteiger partial charge is 0.478 e. The van der Waals surface area contributed by atoms with Gasteiger partial charge in [-0.2, -0.15) is 0 Å². The van der Waals surface area contributed by atoms with Crippen molar-refractivity contribution in [3.05, 3.63) is 53.6 Å². The van der Waals surface area contributed by atoms with Crippen molar-refractivity contribution >= 4 is 41.1 Å². The fourth-order valence-corrected chi connectivity index (χ4v) is 4.93. The average molecular weight is 373 g/mol. The van der Waals surface area contributed by atoms with Crippen LogP contribution in [0, 0.1) is 5.41 Å². The highest BCUT2D eigenvalue weighted by molar-refractivity contribution is 8.03. The van der Waals surface area contributed by atoms with Crippen molar-refractivity contribution in [2.75, 3.05) is 16.8 Å². The number of nitrogens with one attached hydrogen (secondary N) is 1. The van der Waals surface area contributed by atoms with E-state index in [1.165, 1.54) is 17.0 Å². The zero-order valence-electron chi connectivity index (χ0n) is 14.0. The smallest absolute Gasteiger partial charge is 0.335 e. The molecule has 2 aromatic rings. The molecule has 1 aliphatic heterocycles. The zero-order chi connectivity index (χ0) is 18.0. The van der Waals surface area contributed by atoms with E-state index in [-0.39, 0.29) is 16.9 Å². The molecular weight excluding hydrogens is 354 g/mol. The Balaban J connectivity index is 1.75. The fraction of sp³-hybridized carbons (Fsp3) is 0.263. The lowest BCUT2D eigenvalue weighted by atomic mass is 10.0. The van der Waals surface area contributed by atoms with Crippen LogP contribution < -0.4 is 5.32 Å². The van der Waals surface area contributed by atoms with E-state index < -0.39 is 5.97 Å².